The molecule has 2 N–H and O–H groups in total. The molecule has 0 aliphatic heterocycles. The molecule has 2 heteroatoms. The number of aliphatic hydroxyl groups excluding tert-OH is 2. The first-order valence-corrected chi connectivity index (χ1v) is 6.87. The summed E-state index contributed by atoms with van der Waals surface area (Å²) < 4.78 is 0. The fourth-order valence-corrected chi connectivity index (χ4v) is 4.91. The van der Waals surface area contributed by atoms with Gasteiger partial charge in [-0.25, -0.2) is 0 Å². The number of rotatable bonds is 2. The normalized spacial score (nSPS) is 36.4. The van der Waals surface area contributed by atoms with Gasteiger partial charge in [0.25, 0.3) is 0 Å². The Morgan fingerprint density at radius 2 is 1.89 bits per heavy atom. The predicted molar refractivity (Wildman–Crippen MR) is 71.5 cm³/mol. The quantitative estimate of drug-likeness (QED) is 0.841. The number of hydrogen-bond acceptors (Lipinski definition) is 2. The highest BCUT2D eigenvalue weighted by atomic mass is 16.3. The smallest absolute Gasteiger partial charge is 0.0515 e. The van der Waals surface area contributed by atoms with Gasteiger partial charge >= 0.3 is 0 Å². The zero-order chi connectivity index (χ0) is 13.0. The van der Waals surface area contributed by atoms with Crippen LogP contribution in [0.25, 0.3) is 0 Å². The van der Waals surface area contributed by atoms with Crippen LogP contribution in [0.3, 0.4) is 0 Å². The molecule has 0 unspecified atom stereocenters. The SMILES string of the molecule is C[C@@H]1C[C@@]2(C)CC(CO)(CO)[C@@H]1c1ccccc12. The molecule has 0 amide bonds. The van der Waals surface area contributed by atoms with Crippen molar-refractivity contribution in [2.24, 2.45) is 11.3 Å². The van der Waals surface area contributed by atoms with E-state index in [0.717, 1.165) is 12.8 Å². The van der Waals surface area contributed by atoms with Crippen LogP contribution in [0.4, 0.5) is 0 Å². The van der Waals surface area contributed by atoms with Crippen molar-refractivity contribution < 1.29 is 10.2 Å². The summed E-state index contributed by atoms with van der Waals surface area (Å²) in [5, 5.41) is 19.7. The van der Waals surface area contributed by atoms with E-state index in [1.807, 2.05) is 0 Å². The first-order valence-electron chi connectivity index (χ1n) is 6.87. The molecular formula is C16H22O2. The highest BCUT2D eigenvalue weighted by molar-refractivity contribution is 5.44. The second-order valence-corrected chi connectivity index (χ2v) is 6.66. The molecule has 0 spiro atoms. The molecule has 1 aromatic rings. The number of fused-ring (bicyclic) bond motifs is 2. The Morgan fingerprint density at radius 3 is 2.56 bits per heavy atom. The summed E-state index contributed by atoms with van der Waals surface area (Å²) in [6, 6.07) is 8.60. The Balaban J connectivity index is 2.22. The number of benzene rings is 1. The number of aliphatic hydroxyl groups is 2. The van der Waals surface area contributed by atoms with Crippen molar-refractivity contribution >= 4 is 0 Å². The van der Waals surface area contributed by atoms with Crippen LogP contribution in [0.2, 0.25) is 0 Å². The lowest BCUT2D eigenvalue weighted by Crippen LogP contribution is -2.54. The van der Waals surface area contributed by atoms with Gasteiger partial charge in [-0.2, -0.15) is 0 Å². The summed E-state index contributed by atoms with van der Waals surface area (Å²) >= 11 is 0. The second-order valence-electron chi connectivity index (χ2n) is 6.66. The third-order valence-corrected chi connectivity index (χ3v) is 5.32. The third-order valence-electron chi connectivity index (χ3n) is 5.32. The highest BCUT2D eigenvalue weighted by Gasteiger charge is 2.57. The summed E-state index contributed by atoms with van der Waals surface area (Å²) in [5.41, 5.74) is 2.57. The zero-order valence-electron chi connectivity index (χ0n) is 11.2. The summed E-state index contributed by atoms with van der Waals surface area (Å²) in [5.74, 6) is 0.823. The largest absolute Gasteiger partial charge is 0.396 e. The van der Waals surface area contributed by atoms with Crippen LogP contribution in [0.5, 0.6) is 0 Å². The monoisotopic (exact) mass is 246 g/mol. The average molecular weight is 246 g/mol. The van der Waals surface area contributed by atoms with Crippen molar-refractivity contribution in [3.63, 3.8) is 0 Å². The molecular weight excluding hydrogens is 224 g/mol. The molecule has 3 aliphatic carbocycles. The lowest BCUT2D eigenvalue weighted by Gasteiger charge is -2.59. The van der Waals surface area contributed by atoms with Gasteiger partial charge in [-0.3, -0.25) is 0 Å². The van der Waals surface area contributed by atoms with E-state index in [-0.39, 0.29) is 24.0 Å². The van der Waals surface area contributed by atoms with Gasteiger partial charge in [0.2, 0.25) is 0 Å². The van der Waals surface area contributed by atoms with Gasteiger partial charge in [-0.05, 0) is 41.2 Å². The minimum atomic E-state index is -0.333. The first-order chi connectivity index (χ1) is 8.56. The standard InChI is InChI=1S/C16H22O2/c1-11-7-15(2)8-16(9-17,10-18)14(11)12-5-3-4-6-13(12)15/h3-6,11,14,17-18H,7-10H2,1-2H3/t11-,14+,15+/m1/s1. The minimum Gasteiger partial charge on any atom is -0.396 e. The Labute approximate surface area is 109 Å². The van der Waals surface area contributed by atoms with Gasteiger partial charge in [0.1, 0.15) is 0 Å². The molecule has 98 valence electrons. The molecule has 0 heterocycles. The number of hydrogen-bond donors (Lipinski definition) is 2. The maximum absolute atomic E-state index is 9.86. The minimum absolute atomic E-state index is 0.0857. The maximum Gasteiger partial charge on any atom is 0.0515 e. The predicted octanol–water partition coefficient (Wildman–Crippen LogP) is 2.44. The van der Waals surface area contributed by atoms with Gasteiger partial charge in [0.15, 0.2) is 0 Å². The van der Waals surface area contributed by atoms with Gasteiger partial charge in [0, 0.05) is 5.41 Å². The van der Waals surface area contributed by atoms with Crippen LogP contribution < -0.4 is 0 Å². The molecule has 18 heavy (non-hydrogen) atoms. The molecule has 2 bridgehead atoms. The van der Waals surface area contributed by atoms with Crippen molar-refractivity contribution in [2.75, 3.05) is 13.2 Å². The molecule has 1 fully saturated rings. The Hall–Kier alpha value is -0.860. The first kappa shape index (κ1) is 12.2. The van der Waals surface area contributed by atoms with E-state index < -0.39 is 0 Å². The molecule has 1 saturated carbocycles. The van der Waals surface area contributed by atoms with Crippen LogP contribution in [0, 0.1) is 11.3 Å². The van der Waals surface area contributed by atoms with Gasteiger partial charge in [-0.15, -0.1) is 0 Å². The topological polar surface area (TPSA) is 40.5 Å². The van der Waals surface area contributed by atoms with Crippen LogP contribution >= 0.6 is 0 Å². The summed E-state index contributed by atoms with van der Waals surface area (Å²) in [6.07, 6.45) is 2.06. The summed E-state index contributed by atoms with van der Waals surface area (Å²) in [7, 11) is 0. The lowest BCUT2D eigenvalue weighted by atomic mass is 9.46. The van der Waals surface area contributed by atoms with E-state index in [0.29, 0.717) is 11.8 Å². The van der Waals surface area contributed by atoms with Crippen molar-refractivity contribution in [1.29, 1.82) is 0 Å². The third kappa shape index (κ3) is 1.36. The van der Waals surface area contributed by atoms with E-state index in [1.54, 1.807) is 0 Å². The van der Waals surface area contributed by atoms with E-state index in [4.69, 9.17) is 0 Å². The molecule has 2 nitrogen and oxygen atoms in total. The molecule has 0 aromatic heterocycles. The Bertz CT molecular complexity index is 464. The Kier molecular flexibility index (Phi) is 2.58. The van der Waals surface area contributed by atoms with Crippen LogP contribution in [0.15, 0.2) is 24.3 Å². The highest BCUT2D eigenvalue weighted by Crippen LogP contribution is 2.63. The van der Waals surface area contributed by atoms with E-state index in [9.17, 15) is 10.2 Å². The fourth-order valence-electron chi connectivity index (χ4n) is 4.91. The Morgan fingerprint density at radius 1 is 1.22 bits per heavy atom. The van der Waals surface area contributed by atoms with E-state index in [1.165, 1.54) is 11.1 Å². The van der Waals surface area contributed by atoms with Crippen molar-refractivity contribution in [2.45, 2.75) is 38.0 Å². The second kappa shape index (κ2) is 3.82. The fraction of sp³-hybridized carbons (Fsp3) is 0.625. The van der Waals surface area contributed by atoms with Crippen LogP contribution in [-0.4, -0.2) is 23.4 Å². The van der Waals surface area contributed by atoms with Gasteiger partial charge in [-0.1, -0.05) is 38.1 Å². The van der Waals surface area contributed by atoms with Crippen molar-refractivity contribution in [3.05, 3.63) is 35.4 Å². The lowest BCUT2D eigenvalue weighted by molar-refractivity contribution is -0.0538. The summed E-state index contributed by atoms with van der Waals surface area (Å²) in [4.78, 5) is 0. The molecule has 0 radical (unpaired) electrons. The molecule has 1 aromatic carbocycles. The molecule has 3 aliphatic rings. The van der Waals surface area contributed by atoms with Crippen molar-refractivity contribution in [1.82, 2.24) is 0 Å². The average Bonchev–Trinajstić information content (AvgIpc) is 2.37. The maximum atomic E-state index is 9.86. The molecule has 4 rings (SSSR count). The van der Waals surface area contributed by atoms with Crippen LogP contribution in [-0.2, 0) is 5.41 Å². The van der Waals surface area contributed by atoms with E-state index in [2.05, 4.69) is 38.1 Å². The summed E-state index contributed by atoms with van der Waals surface area (Å²) in [6.45, 7) is 4.72. The van der Waals surface area contributed by atoms with Gasteiger partial charge in [0.05, 0.1) is 13.2 Å². The molecule has 3 atom stereocenters. The zero-order valence-corrected chi connectivity index (χ0v) is 11.2. The molecule has 0 saturated heterocycles. The van der Waals surface area contributed by atoms with Crippen molar-refractivity contribution in [3.8, 4) is 0 Å². The van der Waals surface area contributed by atoms with Gasteiger partial charge < -0.3 is 10.2 Å². The van der Waals surface area contributed by atoms with Crippen LogP contribution in [0.1, 0.15) is 43.7 Å². The van der Waals surface area contributed by atoms with E-state index >= 15 is 0 Å².